The molecule has 0 bridgehead atoms. The highest BCUT2D eigenvalue weighted by atomic mass is 16.6. The van der Waals surface area contributed by atoms with Crippen LogP contribution in [0, 0.1) is 6.92 Å². The van der Waals surface area contributed by atoms with Crippen molar-refractivity contribution in [3.05, 3.63) is 35.5 Å². The first-order chi connectivity index (χ1) is 9.88. The quantitative estimate of drug-likeness (QED) is 0.864. The molecule has 4 heteroatoms. The molecule has 1 aromatic heterocycles. The summed E-state index contributed by atoms with van der Waals surface area (Å²) in [4.78, 5) is 14.4. The zero-order valence-electron chi connectivity index (χ0n) is 13.5. The predicted molar refractivity (Wildman–Crippen MR) is 85.9 cm³/mol. The van der Waals surface area contributed by atoms with Gasteiger partial charge in [0, 0.05) is 18.1 Å². The topological polar surface area (TPSA) is 34.5 Å². The van der Waals surface area contributed by atoms with E-state index in [1.165, 1.54) is 11.1 Å². The van der Waals surface area contributed by atoms with Crippen molar-refractivity contribution in [3.8, 4) is 0 Å². The summed E-state index contributed by atoms with van der Waals surface area (Å²) in [7, 11) is 4.11. The molecule has 0 atom stereocenters. The molecule has 0 unspecified atom stereocenters. The van der Waals surface area contributed by atoms with Gasteiger partial charge in [-0.3, -0.25) is 4.57 Å². The van der Waals surface area contributed by atoms with Crippen LogP contribution in [-0.2, 0) is 11.2 Å². The molecule has 0 aliphatic rings. The average molecular weight is 288 g/mol. The van der Waals surface area contributed by atoms with Crippen molar-refractivity contribution in [3.63, 3.8) is 0 Å². The first kappa shape index (κ1) is 15.6. The molecular weight excluding hydrogens is 264 g/mol. The Balaban J connectivity index is 2.44. The second-order valence-electron chi connectivity index (χ2n) is 6.03. The van der Waals surface area contributed by atoms with Crippen molar-refractivity contribution in [1.82, 2.24) is 9.47 Å². The first-order valence-electron chi connectivity index (χ1n) is 7.34. The Bertz CT molecular complexity index is 642. The van der Waals surface area contributed by atoms with Gasteiger partial charge in [0.25, 0.3) is 0 Å². The predicted octanol–water partition coefficient (Wildman–Crippen LogP) is 3.45. The van der Waals surface area contributed by atoms with Crippen LogP contribution in [-0.4, -0.2) is 42.3 Å². The molecule has 0 aliphatic carbocycles. The zero-order valence-corrected chi connectivity index (χ0v) is 13.5. The van der Waals surface area contributed by atoms with Gasteiger partial charge in [-0.15, -0.1) is 0 Å². The van der Waals surface area contributed by atoms with E-state index in [2.05, 4.69) is 32.0 Å². The number of benzene rings is 1. The van der Waals surface area contributed by atoms with Crippen LogP contribution in [0.2, 0.25) is 0 Å². The number of rotatable bonds is 4. The van der Waals surface area contributed by atoms with Crippen LogP contribution in [0.4, 0.5) is 4.79 Å². The molecule has 0 fully saturated rings. The summed E-state index contributed by atoms with van der Waals surface area (Å²) in [5, 5.41) is 1.14. The van der Waals surface area contributed by atoms with E-state index in [1.54, 1.807) is 4.57 Å². The molecule has 0 saturated heterocycles. The molecule has 4 nitrogen and oxygen atoms in total. The van der Waals surface area contributed by atoms with Gasteiger partial charge in [-0.1, -0.05) is 11.6 Å². The van der Waals surface area contributed by atoms with E-state index in [-0.39, 0.29) is 12.2 Å². The van der Waals surface area contributed by atoms with Gasteiger partial charge in [-0.05, 0) is 59.0 Å². The van der Waals surface area contributed by atoms with Gasteiger partial charge in [0.1, 0.15) is 0 Å². The number of aryl methyl sites for hydroxylation is 1. The molecule has 0 amide bonds. The minimum Gasteiger partial charge on any atom is -0.446 e. The Hall–Kier alpha value is -1.81. The van der Waals surface area contributed by atoms with Crippen molar-refractivity contribution in [2.24, 2.45) is 0 Å². The van der Waals surface area contributed by atoms with Gasteiger partial charge in [-0.25, -0.2) is 4.79 Å². The second kappa shape index (κ2) is 6.31. The summed E-state index contributed by atoms with van der Waals surface area (Å²) in [5.41, 5.74) is 3.30. The molecule has 21 heavy (non-hydrogen) atoms. The van der Waals surface area contributed by atoms with Crippen molar-refractivity contribution in [1.29, 1.82) is 0 Å². The molecule has 2 rings (SSSR count). The third kappa shape index (κ3) is 3.64. The van der Waals surface area contributed by atoms with E-state index in [4.69, 9.17) is 4.74 Å². The maximum atomic E-state index is 12.2. The van der Waals surface area contributed by atoms with Gasteiger partial charge in [0.15, 0.2) is 0 Å². The second-order valence-corrected chi connectivity index (χ2v) is 6.03. The highest BCUT2D eigenvalue weighted by Gasteiger charge is 2.15. The zero-order chi connectivity index (χ0) is 15.6. The lowest BCUT2D eigenvalue weighted by Gasteiger charge is -2.09. The standard InChI is InChI=1S/C17H24N2O2/c1-12(2)21-17(20)19-11-14(8-9-18(4)5)15-10-13(3)6-7-16(15)19/h6-7,10-12H,8-9H2,1-5H3. The van der Waals surface area contributed by atoms with Gasteiger partial charge in [-0.2, -0.15) is 0 Å². The Kier molecular flexibility index (Phi) is 4.68. The average Bonchev–Trinajstić information content (AvgIpc) is 2.73. The fraction of sp³-hybridized carbons (Fsp3) is 0.471. The number of hydrogen-bond donors (Lipinski definition) is 0. The van der Waals surface area contributed by atoms with E-state index in [1.807, 2.05) is 32.2 Å². The van der Waals surface area contributed by atoms with Crippen LogP contribution in [0.1, 0.15) is 25.0 Å². The van der Waals surface area contributed by atoms with Crippen LogP contribution < -0.4 is 0 Å². The molecule has 1 aromatic carbocycles. The number of carbonyl (C=O) groups excluding carboxylic acids is 1. The van der Waals surface area contributed by atoms with Crippen LogP contribution in [0.25, 0.3) is 10.9 Å². The Morgan fingerprint density at radius 3 is 2.67 bits per heavy atom. The number of fused-ring (bicyclic) bond motifs is 1. The lowest BCUT2D eigenvalue weighted by molar-refractivity contribution is 0.118. The Morgan fingerprint density at radius 2 is 2.05 bits per heavy atom. The van der Waals surface area contributed by atoms with Crippen molar-refractivity contribution >= 4 is 17.0 Å². The van der Waals surface area contributed by atoms with Gasteiger partial charge in [0.2, 0.25) is 0 Å². The molecule has 0 aliphatic heterocycles. The lowest BCUT2D eigenvalue weighted by atomic mass is 10.1. The molecule has 0 saturated carbocycles. The maximum absolute atomic E-state index is 12.2. The number of ether oxygens (including phenoxy) is 1. The van der Waals surface area contributed by atoms with Gasteiger partial charge in [0.05, 0.1) is 11.6 Å². The smallest absolute Gasteiger partial charge is 0.418 e. The third-order valence-corrected chi connectivity index (χ3v) is 3.40. The molecule has 114 valence electrons. The maximum Gasteiger partial charge on any atom is 0.418 e. The SMILES string of the molecule is Cc1ccc2c(c1)c(CCN(C)C)cn2C(=O)OC(C)C. The van der Waals surface area contributed by atoms with E-state index in [9.17, 15) is 4.79 Å². The van der Waals surface area contributed by atoms with Crippen LogP contribution in [0.3, 0.4) is 0 Å². The highest BCUT2D eigenvalue weighted by Crippen LogP contribution is 2.24. The summed E-state index contributed by atoms with van der Waals surface area (Å²) in [6, 6.07) is 6.15. The van der Waals surface area contributed by atoms with Gasteiger partial charge < -0.3 is 9.64 Å². The van der Waals surface area contributed by atoms with Crippen LogP contribution in [0.15, 0.2) is 24.4 Å². The van der Waals surface area contributed by atoms with E-state index < -0.39 is 0 Å². The largest absolute Gasteiger partial charge is 0.446 e. The minimum absolute atomic E-state index is 0.120. The Morgan fingerprint density at radius 1 is 1.33 bits per heavy atom. The molecule has 2 aromatic rings. The molecular formula is C17H24N2O2. The van der Waals surface area contributed by atoms with E-state index in [0.29, 0.717) is 0 Å². The first-order valence-corrected chi connectivity index (χ1v) is 7.34. The summed E-state index contributed by atoms with van der Waals surface area (Å²) in [6.45, 7) is 6.74. The summed E-state index contributed by atoms with van der Waals surface area (Å²) in [5.74, 6) is 0. The fourth-order valence-corrected chi connectivity index (χ4v) is 2.36. The van der Waals surface area contributed by atoms with Crippen molar-refractivity contribution < 1.29 is 9.53 Å². The normalized spacial score (nSPS) is 11.6. The number of nitrogens with zero attached hydrogens (tertiary/aromatic N) is 2. The summed E-state index contributed by atoms with van der Waals surface area (Å²) in [6.07, 6.45) is 2.40. The summed E-state index contributed by atoms with van der Waals surface area (Å²) < 4.78 is 6.95. The van der Waals surface area contributed by atoms with Crippen molar-refractivity contribution in [2.75, 3.05) is 20.6 Å². The number of likely N-dealkylation sites (N-methyl/N-ethyl adjacent to an activating group) is 1. The Labute approximate surface area is 126 Å². The third-order valence-electron chi connectivity index (χ3n) is 3.40. The number of carbonyl (C=O) groups is 1. The fourth-order valence-electron chi connectivity index (χ4n) is 2.36. The molecule has 0 spiro atoms. The molecule has 1 heterocycles. The van der Waals surface area contributed by atoms with Crippen molar-refractivity contribution in [2.45, 2.75) is 33.3 Å². The monoisotopic (exact) mass is 288 g/mol. The van der Waals surface area contributed by atoms with Crippen LogP contribution in [0.5, 0.6) is 0 Å². The lowest BCUT2D eigenvalue weighted by Crippen LogP contribution is -2.17. The van der Waals surface area contributed by atoms with Crippen LogP contribution >= 0.6 is 0 Å². The van der Waals surface area contributed by atoms with Gasteiger partial charge >= 0.3 is 6.09 Å². The molecule has 0 N–H and O–H groups in total. The number of hydrogen-bond acceptors (Lipinski definition) is 3. The minimum atomic E-state index is -0.310. The van der Waals surface area contributed by atoms with E-state index in [0.717, 1.165) is 23.9 Å². The highest BCUT2D eigenvalue weighted by molar-refractivity contribution is 5.92. The summed E-state index contributed by atoms with van der Waals surface area (Å²) >= 11 is 0. The van der Waals surface area contributed by atoms with E-state index >= 15 is 0 Å². The number of aromatic nitrogens is 1. The molecule has 0 radical (unpaired) electrons.